The van der Waals surface area contributed by atoms with Crippen LogP contribution in [-0.2, 0) is 20.7 Å². The van der Waals surface area contributed by atoms with Gasteiger partial charge < -0.3 is 20.3 Å². The molecule has 2 N–H and O–H groups in total. The number of hydrogen-bond donors (Lipinski definition) is 1. The van der Waals surface area contributed by atoms with Crippen molar-refractivity contribution in [3.63, 3.8) is 0 Å². The molecule has 1 unspecified atom stereocenters. The third-order valence-electron chi connectivity index (χ3n) is 4.33. The molecular weight excluding hydrogens is 296 g/mol. The van der Waals surface area contributed by atoms with Crippen LogP contribution in [0.2, 0.25) is 0 Å². The lowest BCUT2D eigenvalue weighted by Gasteiger charge is -2.35. The van der Waals surface area contributed by atoms with Gasteiger partial charge in [-0.25, -0.2) is 0 Å². The molecule has 23 heavy (non-hydrogen) atoms. The van der Waals surface area contributed by atoms with E-state index < -0.39 is 0 Å². The van der Waals surface area contributed by atoms with Crippen LogP contribution in [0.1, 0.15) is 18.5 Å². The molecule has 0 bridgehead atoms. The molecule has 0 saturated carbocycles. The number of carbonyl (C=O) groups excluding carboxylic acids is 2. The van der Waals surface area contributed by atoms with Gasteiger partial charge in [0.1, 0.15) is 6.10 Å². The summed E-state index contributed by atoms with van der Waals surface area (Å²) in [6, 6.07) is 3.51. The Bertz CT molecular complexity index is 561. The maximum absolute atomic E-state index is 12.3. The Morgan fingerprint density at radius 3 is 2.57 bits per heavy atom. The quantitative estimate of drug-likeness (QED) is 0.851. The lowest BCUT2D eigenvalue weighted by atomic mass is 10.2. The van der Waals surface area contributed by atoms with E-state index in [4.69, 9.17) is 10.5 Å². The highest BCUT2D eigenvalue weighted by atomic mass is 16.5. The van der Waals surface area contributed by atoms with Gasteiger partial charge in [-0.05, 0) is 25.0 Å². The molecule has 1 atom stereocenters. The first-order valence-electron chi connectivity index (χ1n) is 8.02. The second kappa shape index (κ2) is 6.95. The van der Waals surface area contributed by atoms with Crippen molar-refractivity contribution in [2.24, 2.45) is 0 Å². The Morgan fingerprint density at radius 2 is 1.96 bits per heavy atom. The van der Waals surface area contributed by atoms with Gasteiger partial charge in [0.15, 0.2) is 0 Å². The second-order valence-corrected chi connectivity index (χ2v) is 5.97. The average molecular weight is 318 g/mol. The minimum atomic E-state index is -0.281. The van der Waals surface area contributed by atoms with Gasteiger partial charge in [-0.15, -0.1) is 0 Å². The van der Waals surface area contributed by atoms with Gasteiger partial charge in [0.25, 0.3) is 5.91 Å². The summed E-state index contributed by atoms with van der Waals surface area (Å²) in [6.07, 6.45) is 3.29. The van der Waals surface area contributed by atoms with Crippen molar-refractivity contribution in [1.29, 1.82) is 0 Å². The Kier molecular flexibility index (Phi) is 4.76. The normalized spacial score (nSPS) is 21.5. The standard InChI is InChI=1S/C16H22N4O3/c17-12-3-4-13(18-11-12)10-15(21)19-5-7-20(8-6-19)16(22)14-2-1-9-23-14/h3-4,11,14H,1-2,5-10,17H2. The zero-order valence-corrected chi connectivity index (χ0v) is 13.1. The monoisotopic (exact) mass is 318 g/mol. The molecule has 3 rings (SSSR count). The molecule has 2 saturated heterocycles. The lowest BCUT2D eigenvalue weighted by Crippen LogP contribution is -2.53. The molecule has 2 aliphatic heterocycles. The molecule has 2 fully saturated rings. The number of amides is 2. The highest BCUT2D eigenvalue weighted by molar-refractivity contribution is 5.82. The minimum Gasteiger partial charge on any atom is -0.397 e. The van der Waals surface area contributed by atoms with Crippen LogP contribution in [0.4, 0.5) is 5.69 Å². The predicted octanol–water partition coefficient (Wildman–Crippen LogP) is 0.0561. The number of pyridine rings is 1. The SMILES string of the molecule is Nc1ccc(CC(=O)N2CCN(C(=O)C3CCCO3)CC2)nc1. The summed E-state index contributed by atoms with van der Waals surface area (Å²) < 4.78 is 5.44. The maximum atomic E-state index is 12.3. The highest BCUT2D eigenvalue weighted by Gasteiger charge is 2.31. The van der Waals surface area contributed by atoms with E-state index in [1.165, 1.54) is 0 Å². The van der Waals surface area contributed by atoms with Crippen LogP contribution in [0.3, 0.4) is 0 Å². The molecule has 7 nitrogen and oxygen atoms in total. The Hall–Kier alpha value is -2.15. The average Bonchev–Trinajstić information content (AvgIpc) is 3.11. The van der Waals surface area contributed by atoms with Gasteiger partial charge in [-0.2, -0.15) is 0 Å². The molecule has 0 aliphatic carbocycles. The number of rotatable bonds is 3. The van der Waals surface area contributed by atoms with E-state index in [-0.39, 0.29) is 24.3 Å². The van der Waals surface area contributed by atoms with Gasteiger partial charge in [0, 0.05) is 38.5 Å². The van der Waals surface area contributed by atoms with E-state index in [0.29, 0.717) is 44.2 Å². The molecule has 3 heterocycles. The number of carbonyl (C=O) groups is 2. The van der Waals surface area contributed by atoms with Crippen LogP contribution in [-0.4, -0.2) is 65.5 Å². The van der Waals surface area contributed by atoms with Gasteiger partial charge >= 0.3 is 0 Å². The van der Waals surface area contributed by atoms with E-state index in [1.54, 1.807) is 28.1 Å². The summed E-state index contributed by atoms with van der Waals surface area (Å²) in [6.45, 7) is 2.93. The fraction of sp³-hybridized carbons (Fsp3) is 0.562. The molecule has 0 spiro atoms. The van der Waals surface area contributed by atoms with Gasteiger partial charge in [-0.1, -0.05) is 0 Å². The number of nitrogen functional groups attached to an aromatic ring is 1. The van der Waals surface area contributed by atoms with Gasteiger partial charge in [0.05, 0.1) is 18.3 Å². The molecule has 0 radical (unpaired) electrons. The van der Waals surface area contributed by atoms with Gasteiger partial charge in [0.2, 0.25) is 5.91 Å². The highest BCUT2D eigenvalue weighted by Crippen LogP contribution is 2.16. The fourth-order valence-corrected chi connectivity index (χ4v) is 2.96. The molecule has 7 heteroatoms. The molecule has 2 aliphatic rings. The predicted molar refractivity (Wildman–Crippen MR) is 84.5 cm³/mol. The smallest absolute Gasteiger partial charge is 0.251 e. The van der Waals surface area contributed by atoms with Crippen molar-refractivity contribution in [1.82, 2.24) is 14.8 Å². The fourth-order valence-electron chi connectivity index (χ4n) is 2.96. The largest absolute Gasteiger partial charge is 0.397 e. The molecule has 2 amide bonds. The van der Waals surface area contributed by atoms with Crippen molar-refractivity contribution in [3.8, 4) is 0 Å². The third kappa shape index (κ3) is 3.79. The van der Waals surface area contributed by atoms with Crippen LogP contribution >= 0.6 is 0 Å². The van der Waals surface area contributed by atoms with E-state index in [9.17, 15) is 9.59 Å². The second-order valence-electron chi connectivity index (χ2n) is 5.97. The molecular formula is C16H22N4O3. The molecule has 124 valence electrons. The van der Waals surface area contributed by atoms with Crippen molar-refractivity contribution in [2.45, 2.75) is 25.4 Å². The first-order chi connectivity index (χ1) is 11.1. The summed E-state index contributed by atoms with van der Waals surface area (Å²) in [5.74, 6) is 0.0984. The van der Waals surface area contributed by atoms with E-state index in [1.807, 2.05) is 0 Å². The maximum Gasteiger partial charge on any atom is 0.251 e. The minimum absolute atomic E-state index is 0.0338. The Balaban J connectivity index is 1.49. The summed E-state index contributed by atoms with van der Waals surface area (Å²) in [5, 5.41) is 0. The number of piperazine rings is 1. The Morgan fingerprint density at radius 1 is 1.22 bits per heavy atom. The number of hydrogen-bond acceptors (Lipinski definition) is 5. The van der Waals surface area contributed by atoms with Crippen molar-refractivity contribution in [3.05, 3.63) is 24.0 Å². The third-order valence-corrected chi connectivity index (χ3v) is 4.33. The lowest BCUT2D eigenvalue weighted by molar-refractivity contribution is -0.145. The molecule has 0 aromatic carbocycles. The zero-order chi connectivity index (χ0) is 16.2. The molecule has 1 aromatic rings. The summed E-state index contributed by atoms with van der Waals surface area (Å²) in [4.78, 5) is 32.3. The Labute approximate surface area is 135 Å². The number of nitrogens with zero attached hydrogens (tertiary/aromatic N) is 3. The van der Waals surface area contributed by atoms with Crippen LogP contribution in [0, 0.1) is 0 Å². The summed E-state index contributed by atoms with van der Waals surface area (Å²) >= 11 is 0. The van der Waals surface area contributed by atoms with Crippen LogP contribution in [0.5, 0.6) is 0 Å². The van der Waals surface area contributed by atoms with Crippen molar-refractivity contribution < 1.29 is 14.3 Å². The van der Waals surface area contributed by atoms with E-state index >= 15 is 0 Å². The summed E-state index contributed by atoms with van der Waals surface area (Å²) in [7, 11) is 0. The van der Waals surface area contributed by atoms with Gasteiger partial charge in [-0.3, -0.25) is 14.6 Å². The van der Waals surface area contributed by atoms with Crippen molar-refractivity contribution >= 4 is 17.5 Å². The number of anilines is 1. The van der Waals surface area contributed by atoms with E-state index in [0.717, 1.165) is 12.8 Å². The van der Waals surface area contributed by atoms with Crippen LogP contribution in [0.15, 0.2) is 18.3 Å². The topological polar surface area (TPSA) is 88.8 Å². The first-order valence-corrected chi connectivity index (χ1v) is 8.02. The summed E-state index contributed by atoms with van der Waals surface area (Å²) in [5.41, 5.74) is 6.89. The first kappa shape index (κ1) is 15.7. The number of nitrogens with two attached hydrogens (primary N) is 1. The zero-order valence-electron chi connectivity index (χ0n) is 13.1. The van der Waals surface area contributed by atoms with Crippen LogP contribution < -0.4 is 5.73 Å². The number of ether oxygens (including phenoxy) is 1. The van der Waals surface area contributed by atoms with E-state index in [2.05, 4.69) is 4.98 Å². The molecule has 1 aromatic heterocycles. The number of aromatic nitrogens is 1. The van der Waals surface area contributed by atoms with Crippen molar-refractivity contribution in [2.75, 3.05) is 38.5 Å². The van der Waals surface area contributed by atoms with Crippen LogP contribution in [0.25, 0.3) is 0 Å².